The van der Waals surface area contributed by atoms with Gasteiger partial charge in [0.2, 0.25) is 0 Å². The Labute approximate surface area is 75.7 Å². The van der Waals surface area contributed by atoms with Crippen LogP contribution in [0.2, 0.25) is 0 Å². The van der Waals surface area contributed by atoms with E-state index in [9.17, 15) is 0 Å². The second-order valence-corrected chi connectivity index (χ2v) is 1.84. The van der Waals surface area contributed by atoms with Crippen LogP contribution >= 0.6 is 0 Å². The third kappa shape index (κ3) is 5.71. The fourth-order valence-corrected chi connectivity index (χ4v) is 0.663. The molecule has 0 atom stereocenters. The Kier molecular flexibility index (Phi) is 11.2. The van der Waals surface area contributed by atoms with Gasteiger partial charge in [-0.3, -0.25) is 4.99 Å². The maximum Gasteiger partial charge on any atom is 0.122 e. The summed E-state index contributed by atoms with van der Waals surface area (Å²) in [5, 5.41) is 0. The molecule has 70 valence electrons. The fourth-order valence-electron chi connectivity index (χ4n) is 0.663. The van der Waals surface area contributed by atoms with Crippen LogP contribution < -0.4 is 0 Å². The zero-order valence-electron chi connectivity index (χ0n) is 8.72. The summed E-state index contributed by atoms with van der Waals surface area (Å²) in [6, 6.07) is 0. The van der Waals surface area contributed by atoms with E-state index in [0.717, 1.165) is 11.3 Å². The molecule has 0 aliphatic rings. The first-order chi connectivity index (χ1) is 5.76. The van der Waals surface area contributed by atoms with Crippen molar-refractivity contribution < 1.29 is 4.74 Å². The average Bonchev–Trinajstić information content (AvgIpc) is 2.11. The molecule has 0 saturated carbocycles. The predicted molar refractivity (Wildman–Crippen MR) is 55.7 cm³/mol. The van der Waals surface area contributed by atoms with E-state index in [1.807, 2.05) is 20.8 Å². The zero-order valence-corrected chi connectivity index (χ0v) is 8.72. The van der Waals surface area contributed by atoms with Gasteiger partial charge < -0.3 is 4.74 Å². The molecule has 0 amide bonds. The summed E-state index contributed by atoms with van der Waals surface area (Å²) in [6.07, 6.45) is 3.40. The zero-order chi connectivity index (χ0) is 9.98. The van der Waals surface area contributed by atoms with E-state index in [0.29, 0.717) is 0 Å². The van der Waals surface area contributed by atoms with Crippen molar-refractivity contribution in [3.63, 3.8) is 0 Å². The molecule has 0 rings (SSSR count). The van der Waals surface area contributed by atoms with Crippen molar-refractivity contribution >= 4 is 6.21 Å². The third-order valence-corrected chi connectivity index (χ3v) is 1.12. The molecule has 0 heterocycles. The van der Waals surface area contributed by atoms with Crippen LogP contribution in [0.3, 0.4) is 0 Å². The first-order valence-corrected chi connectivity index (χ1v) is 4.05. The summed E-state index contributed by atoms with van der Waals surface area (Å²) in [4.78, 5) is 3.84. The molecule has 12 heavy (non-hydrogen) atoms. The Morgan fingerprint density at radius 2 is 1.92 bits per heavy atom. The summed E-state index contributed by atoms with van der Waals surface area (Å²) >= 11 is 0. The second kappa shape index (κ2) is 9.95. The topological polar surface area (TPSA) is 21.6 Å². The Morgan fingerprint density at radius 3 is 2.17 bits per heavy atom. The summed E-state index contributed by atoms with van der Waals surface area (Å²) < 4.78 is 4.98. The molecule has 0 radical (unpaired) electrons. The number of ether oxygens (including phenoxy) is 1. The van der Waals surface area contributed by atoms with Crippen molar-refractivity contribution in [1.29, 1.82) is 0 Å². The highest BCUT2D eigenvalue weighted by molar-refractivity contribution is 5.78. The quantitative estimate of drug-likeness (QED) is 0.361. The molecule has 0 saturated heterocycles. The van der Waals surface area contributed by atoms with Crippen molar-refractivity contribution in [3.8, 4) is 0 Å². The fraction of sp³-hybridized carbons (Fsp3) is 0.500. The third-order valence-electron chi connectivity index (χ3n) is 1.12. The minimum atomic E-state index is 0.769. The van der Waals surface area contributed by atoms with Gasteiger partial charge in [0.25, 0.3) is 0 Å². The summed E-state index contributed by atoms with van der Waals surface area (Å²) in [5.41, 5.74) is 0.986. The number of methoxy groups -OCH3 is 1. The standard InChI is InChI=1S/C8H13NO.C2H6/c1-5-8(10-4)7(2)6-9-3;1-2/h5-6H,1H2,2-4H3;1-2H3/b8-7+,9-6?;. The molecule has 2 heteroatoms. The molecule has 0 N–H and O–H groups in total. The normalized spacial score (nSPS) is 11.4. The van der Waals surface area contributed by atoms with Crippen molar-refractivity contribution in [1.82, 2.24) is 0 Å². The van der Waals surface area contributed by atoms with Crippen LogP contribution in [0.15, 0.2) is 29.0 Å². The molecule has 2 nitrogen and oxygen atoms in total. The lowest BCUT2D eigenvalue weighted by Gasteiger charge is -2.00. The molecule has 0 aliphatic carbocycles. The van der Waals surface area contributed by atoms with Gasteiger partial charge in [0.15, 0.2) is 0 Å². The van der Waals surface area contributed by atoms with E-state index < -0.39 is 0 Å². The van der Waals surface area contributed by atoms with Crippen LogP contribution in [0.25, 0.3) is 0 Å². The Hall–Kier alpha value is -1.05. The molecular formula is C10H19NO. The second-order valence-electron chi connectivity index (χ2n) is 1.84. The first kappa shape index (κ1) is 13.5. The Morgan fingerprint density at radius 1 is 1.42 bits per heavy atom. The van der Waals surface area contributed by atoms with E-state index in [-0.39, 0.29) is 0 Å². The van der Waals surface area contributed by atoms with Crippen LogP contribution in [0.5, 0.6) is 0 Å². The monoisotopic (exact) mass is 169 g/mol. The molecule has 0 spiro atoms. The van der Waals surface area contributed by atoms with Crippen molar-refractivity contribution in [3.05, 3.63) is 24.0 Å². The molecule has 0 bridgehead atoms. The van der Waals surface area contributed by atoms with Gasteiger partial charge in [-0.25, -0.2) is 0 Å². The molecule has 0 aliphatic heterocycles. The number of hydrogen-bond donors (Lipinski definition) is 0. The molecule has 0 aromatic heterocycles. The number of hydrogen-bond acceptors (Lipinski definition) is 2. The molecule has 0 aromatic carbocycles. The minimum Gasteiger partial charge on any atom is -0.496 e. The average molecular weight is 169 g/mol. The summed E-state index contributed by atoms with van der Waals surface area (Å²) in [6.45, 7) is 9.51. The lowest BCUT2D eigenvalue weighted by molar-refractivity contribution is 0.304. The highest BCUT2D eigenvalue weighted by atomic mass is 16.5. The van der Waals surface area contributed by atoms with Gasteiger partial charge in [-0.1, -0.05) is 20.4 Å². The van der Waals surface area contributed by atoms with E-state index in [1.54, 1.807) is 26.4 Å². The van der Waals surface area contributed by atoms with Crippen molar-refractivity contribution in [2.45, 2.75) is 20.8 Å². The molecule has 0 fully saturated rings. The van der Waals surface area contributed by atoms with Crippen LogP contribution in [-0.4, -0.2) is 20.4 Å². The molecule has 0 unspecified atom stereocenters. The lowest BCUT2D eigenvalue weighted by atomic mass is 10.3. The maximum absolute atomic E-state index is 4.98. The van der Waals surface area contributed by atoms with Crippen LogP contribution in [0.1, 0.15) is 20.8 Å². The van der Waals surface area contributed by atoms with Gasteiger partial charge in [-0.15, -0.1) is 0 Å². The van der Waals surface area contributed by atoms with Crippen LogP contribution in [0.4, 0.5) is 0 Å². The lowest BCUT2D eigenvalue weighted by Crippen LogP contribution is -1.88. The van der Waals surface area contributed by atoms with E-state index >= 15 is 0 Å². The molecular weight excluding hydrogens is 150 g/mol. The van der Waals surface area contributed by atoms with Gasteiger partial charge in [0.1, 0.15) is 5.76 Å². The first-order valence-electron chi connectivity index (χ1n) is 4.05. The Balaban J connectivity index is 0. The van der Waals surface area contributed by atoms with Crippen LogP contribution in [0, 0.1) is 0 Å². The van der Waals surface area contributed by atoms with E-state index in [1.165, 1.54) is 0 Å². The smallest absolute Gasteiger partial charge is 0.122 e. The minimum absolute atomic E-state index is 0.769. The number of nitrogens with zero attached hydrogens (tertiary/aromatic N) is 1. The van der Waals surface area contributed by atoms with Gasteiger partial charge in [0, 0.05) is 18.8 Å². The van der Waals surface area contributed by atoms with E-state index in [2.05, 4.69) is 11.6 Å². The number of rotatable bonds is 3. The SMILES string of the molecule is C=C/C(OC)=C(/C)C=NC.CC. The highest BCUT2D eigenvalue weighted by Gasteiger charge is 1.92. The van der Waals surface area contributed by atoms with Crippen LogP contribution in [-0.2, 0) is 4.74 Å². The van der Waals surface area contributed by atoms with Gasteiger partial charge in [0.05, 0.1) is 7.11 Å². The summed E-state index contributed by atoms with van der Waals surface area (Å²) in [7, 11) is 3.34. The number of aliphatic imine (C=N–C) groups is 1. The van der Waals surface area contributed by atoms with Gasteiger partial charge in [-0.2, -0.15) is 0 Å². The number of allylic oxidation sites excluding steroid dienone is 2. The van der Waals surface area contributed by atoms with Crippen molar-refractivity contribution in [2.75, 3.05) is 14.2 Å². The molecule has 0 aromatic rings. The van der Waals surface area contributed by atoms with E-state index in [4.69, 9.17) is 4.74 Å². The van der Waals surface area contributed by atoms with Gasteiger partial charge >= 0.3 is 0 Å². The summed E-state index contributed by atoms with van der Waals surface area (Å²) in [5.74, 6) is 0.769. The Bertz CT molecular complexity index is 169. The van der Waals surface area contributed by atoms with Crippen molar-refractivity contribution in [2.24, 2.45) is 4.99 Å². The largest absolute Gasteiger partial charge is 0.496 e. The maximum atomic E-state index is 4.98. The highest BCUT2D eigenvalue weighted by Crippen LogP contribution is 2.02. The predicted octanol–water partition coefficient (Wildman–Crippen LogP) is 2.82. The van der Waals surface area contributed by atoms with Gasteiger partial charge in [-0.05, 0) is 13.0 Å².